The summed E-state index contributed by atoms with van der Waals surface area (Å²) in [5.41, 5.74) is 5.78. The molecule has 0 unspecified atom stereocenters. The van der Waals surface area contributed by atoms with Crippen molar-refractivity contribution in [1.82, 2.24) is 0 Å². The van der Waals surface area contributed by atoms with E-state index in [0.717, 1.165) is 0 Å². The van der Waals surface area contributed by atoms with Crippen LogP contribution in [0.5, 0.6) is 0 Å². The van der Waals surface area contributed by atoms with Gasteiger partial charge in [-0.1, -0.05) is 6.07 Å². The van der Waals surface area contributed by atoms with Crippen LogP contribution in [-0.4, -0.2) is 18.9 Å². The first-order valence-electron chi connectivity index (χ1n) is 4.01. The van der Waals surface area contributed by atoms with Crippen molar-refractivity contribution in [2.24, 2.45) is 5.73 Å². The molecule has 0 spiro atoms. The van der Waals surface area contributed by atoms with Crippen LogP contribution in [-0.2, 0) is 0 Å². The number of carbonyl (C=O) groups excluding carboxylic acids is 1. The number of anilines is 1. The van der Waals surface area contributed by atoms with Gasteiger partial charge in [0.15, 0.2) is 0 Å². The lowest BCUT2D eigenvalue weighted by Gasteiger charge is -2.05. The monoisotopic (exact) mass is 200 g/mol. The zero-order valence-electron chi connectivity index (χ0n) is 7.34. The molecule has 76 valence electrons. The molecule has 0 radical (unpaired) electrons. The second kappa shape index (κ2) is 4.55. The lowest BCUT2D eigenvalue weighted by atomic mass is 10.2. The quantitative estimate of drug-likeness (QED) is 0.773. The molecule has 14 heavy (non-hydrogen) atoms. The van der Waals surface area contributed by atoms with Crippen LogP contribution in [0.4, 0.5) is 14.5 Å². The predicted octanol–water partition coefficient (Wildman–Crippen LogP) is 1.46. The summed E-state index contributed by atoms with van der Waals surface area (Å²) in [5, 5.41) is 2.48. The van der Waals surface area contributed by atoms with Gasteiger partial charge in [0.05, 0.1) is 6.54 Å². The van der Waals surface area contributed by atoms with Crippen LogP contribution < -0.4 is 11.1 Å². The molecule has 5 heteroatoms. The minimum Gasteiger partial charge on any atom is -0.379 e. The van der Waals surface area contributed by atoms with Crippen molar-refractivity contribution in [3.8, 4) is 0 Å². The average molecular weight is 200 g/mol. The van der Waals surface area contributed by atoms with Gasteiger partial charge in [-0.3, -0.25) is 4.79 Å². The Labute approximate surface area is 79.9 Å². The van der Waals surface area contributed by atoms with Crippen molar-refractivity contribution in [3.63, 3.8) is 0 Å². The molecule has 0 saturated heterocycles. The highest BCUT2D eigenvalue weighted by Gasteiger charge is 2.03. The van der Waals surface area contributed by atoms with Gasteiger partial charge in [0.2, 0.25) is 5.91 Å². The van der Waals surface area contributed by atoms with E-state index in [1.54, 1.807) is 12.1 Å². The van der Waals surface area contributed by atoms with E-state index in [0.29, 0.717) is 11.3 Å². The number of benzene rings is 1. The van der Waals surface area contributed by atoms with Crippen molar-refractivity contribution in [3.05, 3.63) is 29.8 Å². The molecule has 0 atom stereocenters. The van der Waals surface area contributed by atoms with Gasteiger partial charge in [0, 0.05) is 11.3 Å². The number of primary amides is 1. The molecule has 0 bridgehead atoms. The van der Waals surface area contributed by atoms with Gasteiger partial charge in [0.25, 0.3) is 6.43 Å². The first-order valence-corrected chi connectivity index (χ1v) is 4.01. The van der Waals surface area contributed by atoms with Crippen molar-refractivity contribution in [2.75, 3.05) is 11.9 Å². The predicted molar refractivity (Wildman–Crippen MR) is 49.5 cm³/mol. The Kier molecular flexibility index (Phi) is 3.39. The number of halogens is 2. The second-order valence-electron chi connectivity index (χ2n) is 2.72. The van der Waals surface area contributed by atoms with Crippen LogP contribution in [0.3, 0.4) is 0 Å². The van der Waals surface area contributed by atoms with E-state index in [-0.39, 0.29) is 0 Å². The summed E-state index contributed by atoms with van der Waals surface area (Å²) < 4.78 is 23.7. The Hall–Kier alpha value is -1.65. The fourth-order valence-electron chi connectivity index (χ4n) is 0.977. The summed E-state index contributed by atoms with van der Waals surface area (Å²) in [7, 11) is 0. The summed E-state index contributed by atoms with van der Waals surface area (Å²) in [6, 6.07) is 6.13. The molecular formula is C9H10F2N2O. The number of hydrogen-bond acceptors (Lipinski definition) is 2. The van der Waals surface area contributed by atoms with Gasteiger partial charge in [-0.2, -0.15) is 0 Å². The van der Waals surface area contributed by atoms with Crippen molar-refractivity contribution in [2.45, 2.75) is 6.43 Å². The number of hydrogen-bond donors (Lipinski definition) is 2. The number of carbonyl (C=O) groups is 1. The van der Waals surface area contributed by atoms with E-state index in [1.165, 1.54) is 12.1 Å². The maximum Gasteiger partial charge on any atom is 0.255 e. The van der Waals surface area contributed by atoms with Crippen molar-refractivity contribution in [1.29, 1.82) is 0 Å². The number of amides is 1. The summed E-state index contributed by atoms with van der Waals surface area (Å²) in [5.74, 6) is -0.578. The summed E-state index contributed by atoms with van der Waals surface area (Å²) in [6.07, 6.45) is -2.42. The van der Waals surface area contributed by atoms with Crippen LogP contribution in [0.15, 0.2) is 24.3 Å². The highest BCUT2D eigenvalue weighted by molar-refractivity contribution is 5.93. The van der Waals surface area contributed by atoms with E-state index in [4.69, 9.17) is 5.73 Å². The number of alkyl halides is 2. The van der Waals surface area contributed by atoms with Gasteiger partial charge in [-0.25, -0.2) is 8.78 Å². The lowest BCUT2D eigenvalue weighted by molar-refractivity contribution is 0.100. The molecule has 0 heterocycles. The maximum atomic E-state index is 11.8. The largest absolute Gasteiger partial charge is 0.379 e. The Morgan fingerprint density at radius 3 is 2.79 bits per heavy atom. The average Bonchev–Trinajstić information content (AvgIpc) is 2.15. The molecule has 0 aliphatic heterocycles. The smallest absolute Gasteiger partial charge is 0.255 e. The molecule has 3 nitrogen and oxygen atoms in total. The van der Waals surface area contributed by atoms with Gasteiger partial charge >= 0.3 is 0 Å². The molecule has 1 amide bonds. The third-order valence-electron chi connectivity index (χ3n) is 1.61. The Balaban J connectivity index is 2.69. The van der Waals surface area contributed by atoms with E-state index in [9.17, 15) is 13.6 Å². The first-order chi connectivity index (χ1) is 6.59. The van der Waals surface area contributed by atoms with Gasteiger partial charge in [0.1, 0.15) is 0 Å². The van der Waals surface area contributed by atoms with Gasteiger partial charge in [-0.15, -0.1) is 0 Å². The topological polar surface area (TPSA) is 55.1 Å². The van der Waals surface area contributed by atoms with Crippen molar-refractivity contribution < 1.29 is 13.6 Å². The first kappa shape index (κ1) is 10.4. The number of nitrogens with one attached hydrogen (secondary N) is 1. The van der Waals surface area contributed by atoms with Crippen LogP contribution in [0, 0.1) is 0 Å². The molecule has 0 aromatic heterocycles. The zero-order valence-corrected chi connectivity index (χ0v) is 7.34. The third-order valence-corrected chi connectivity index (χ3v) is 1.61. The normalized spacial score (nSPS) is 10.2. The Bertz CT molecular complexity index is 328. The Morgan fingerprint density at radius 2 is 2.21 bits per heavy atom. The standard InChI is InChI=1S/C9H10F2N2O/c10-8(11)5-13-7-3-1-2-6(4-7)9(12)14/h1-4,8,13H,5H2,(H2,12,14). The number of rotatable bonds is 4. The fraction of sp³-hybridized carbons (Fsp3) is 0.222. The molecule has 0 aliphatic rings. The van der Waals surface area contributed by atoms with Gasteiger partial charge < -0.3 is 11.1 Å². The molecule has 3 N–H and O–H groups in total. The summed E-state index contributed by atoms with van der Waals surface area (Å²) in [4.78, 5) is 10.7. The highest BCUT2D eigenvalue weighted by atomic mass is 19.3. The van der Waals surface area contributed by atoms with Crippen molar-refractivity contribution >= 4 is 11.6 Å². The van der Waals surface area contributed by atoms with Crippen LogP contribution in [0.2, 0.25) is 0 Å². The molecule has 1 aromatic carbocycles. The van der Waals surface area contributed by atoms with Gasteiger partial charge in [-0.05, 0) is 18.2 Å². The summed E-state index contributed by atoms with van der Waals surface area (Å²) >= 11 is 0. The molecule has 0 saturated carbocycles. The molecular weight excluding hydrogens is 190 g/mol. The fourth-order valence-corrected chi connectivity index (χ4v) is 0.977. The van der Waals surface area contributed by atoms with E-state index in [2.05, 4.69) is 5.32 Å². The minimum atomic E-state index is -2.42. The SMILES string of the molecule is NC(=O)c1cccc(NCC(F)F)c1. The molecule has 0 fully saturated rings. The minimum absolute atomic E-state index is 0.296. The van der Waals surface area contributed by atoms with E-state index >= 15 is 0 Å². The second-order valence-corrected chi connectivity index (χ2v) is 2.72. The number of nitrogens with two attached hydrogens (primary N) is 1. The van der Waals surface area contributed by atoms with E-state index < -0.39 is 18.9 Å². The maximum absolute atomic E-state index is 11.8. The molecule has 0 aliphatic carbocycles. The lowest BCUT2D eigenvalue weighted by Crippen LogP contribution is -2.13. The summed E-state index contributed by atoms with van der Waals surface area (Å²) in [6.45, 7) is -0.442. The van der Waals surface area contributed by atoms with Crippen LogP contribution >= 0.6 is 0 Å². The van der Waals surface area contributed by atoms with Crippen LogP contribution in [0.1, 0.15) is 10.4 Å². The third kappa shape index (κ3) is 3.01. The highest BCUT2D eigenvalue weighted by Crippen LogP contribution is 2.10. The van der Waals surface area contributed by atoms with Crippen LogP contribution in [0.25, 0.3) is 0 Å². The zero-order chi connectivity index (χ0) is 10.6. The Morgan fingerprint density at radius 1 is 1.50 bits per heavy atom. The molecule has 1 rings (SSSR count). The molecule has 1 aromatic rings. The van der Waals surface area contributed by atoms with E-state index in [1.807, 2.05) is 0 Å².